The molecule has 5 atom stereocenters. The zero-order valence-electron chi connectivity index (χ0n) is 28.6. The maximum atomic E-state index is 14.4. The Morgan fingerprint density at radius 1 is 1.00 bits per heavy atom. The number of primary amides is 1. The van der Waals surface area contributed by atoms with Crippen LogP contribution in [0.4, 0.5) is 4.79 Å². The van der Waals surface area contributed by atoms with Crippen LogP contribution in [0.2, 0.25) is 0 Å². The Balaban J connectivity index is 1.29. The fourth-order valence-electron chi connectivity index (χ4n) is 7.86. The summed E-state index contributed by atoms with van der Waals surface area (Å²) in [5.41, 5.74) is 5.01. The monoisotopic (exact) mass is 651 g/mol. The van der Waals surface area contributed by atoms with Crippen LogP contribution in [0.25, 0.3) is 0 Å². The van der Waals surface area contributed by atoms with Crippen molar-refractivity contribution in [1.29, 1.82) is 0 Å². The third kappa shape index (κ3) is 7.99. The number of amides is 5. The summed E-state index contributed by atoms with van der Waals surface area (Å²) in [5.74, 6) is -2.42. The Hall–Kier alpha value is -3.47. The molecule has 4 aliphatic rings. The van der Waals surface area contributed by atoms with Gasteiger partial charge in [0, 0.05) is 6.54 Å². The van der Waals surface area contributed by atoms with Crippen LogP contribution in [0.5, 0.6) is 0 Å². The maximum Gasteiger partial charge on any atom is 0.315 e. The van der Waals surface area contributed by atoms with E-state index in [9.17, 15) is 24.0 Å². The molecule has 3 aliphatic carbocycles. The zero-order valence-corrected chi connectivity index (χ0v) is 28.6. The van der Waals surface area contributed by atoms with E-state index in [1.165, 1.54) is 0 Å². The van der Waals surface area contributed by atoms with E-state index >= 15 is 0 Å². The van der Waals surface area contributed by atoms with Gasteiger partial charge in [0.15, 0.2) is 0 Å². The summed E-state index contributed by atoms with van der Waals surface area (Å²) >= 11 is 0. The van der Waals surface area contributed by atoms with E-state index in [-0.39, 0.29) is 29.1 Å². The standard InChI is InChI=1S/C36H53N5O6/c1-34(2,3)29(39-33(46)40-36(16-10-7-11-17-36)21-47-20-23-12-8-6-9-13-23)32(45)41-19-24-26(35(24,4)5)27(41)31(44)38-25(18-22-14-15-22)28(42)30(37)43/h6,8-9,12-13,22,24-27,29H,7,10-11,14-21H2,1-5H3,(H2,37,43)(H,38,44)(H2,39,40,46)/t24?,25?,26?,27-,29+/m0/s1. The molecule has 3 saturated carbocycles. The Kier molecular flexibility index (Phi) is 10.1. The first-order valence-corrected chi connectivity index (χ1v) is 17.3. The Morgan fingerprint density at radius 3 is 2.26 bits per heavy atom. The van der Waals surface area contributed by atoms with Crippen LogP contribution in [-0.2, 0) is 30.5 Å². The number of hydrogen-bond acceptors (Lipinski definition) is 6. The van der Waals surface area contributed by atoms with Crippen molar-refractivity contribution in [3.05, 3.63) is 35.9 Å². The number of hydrogen-bond donors (Lipinski definition) is 4. The lowest BCUT2D eigenvalue weighted by Crippen LogP contribution is -2.63. The molecule has 11 heteroatoms. The molecule has 1 heterocycles. The lowest BCUT2D eigenvalue weighted by Gasteiger charge is -2.40. The molecule has 3 unspecified atom stereocenters. The van der Waals surface area contributed by atoms with E-state index in [0.717, 1.165) is 50.5 Å². The number of urea groups is 1. The minimum atomic E-state index is -1.08. The van der Waals surface area contributed by atoms with Crippen LogP contribution in [0.15, 0.2) is 30.3 Å². The molecule has 0 aromatic heterocycles. The molecular formula is C36H53N5O6. The zero-order chi connectivity index (χ0) is 34.1. The molecule has 258 valence electrons. The van der Waals surface area contributed by atoms with Gasteiger partial charge in [-0.25, -0.2) is 4.79 Å². The van der Waals surface area contributed by atoms with Gasteiger partial charge in [-0.2, -0.15) is 0 Å². The van der Waals surface area contributed by atoms with Gasteiger partial charge >= 0.3 is 6.03 Å². The summed E-state index contributed by atoms with van der Waals surface area (Å²) in [6.07, 6.45) is 6.83. The van der Waals surface area contributed by atoms with Crippen molar-refractivity contribution >= 4 is 29.5 Å². The van der Waals surface area contributed by atoms with E-state index in [4.69, 9.17) is 10.5 Å². The quantitative estimate of drug-likeness (QED) is 0.239. The van der Waals surface area contributed by atoms with Gasteiger partial charge in [-0.15, -0.1) is 0 Å². The van der Waals surface area contributed by atoms with Crippen LogP contribution < -0.4 is 21.7 Å². The van der Waals surface area contributed by atoms with Gasteiger partial charge in [-0.05, 0) is 53.4 Å². The number of nitrogens with two attached hydrogens (primary N) is 1. The Morgan fingerprint density at radius 2 is 1.66 bits per heavy atom. The Bertz CT molecular complexity index is 1350. The Labute approximate surface area is 278 Å². The first-order chi connectivity index (χ1) is 22.1. The van der Waals surface area contributed by atoms with Crippen molar-refractivity contribution in [3.8, 4) is 0 Å². The van der Waals surface area contributed by atoms with Crippen molar-refractivity contribution in [1.82, 2.24) is 20.9 Å². The van der Waals surface area contributed by atoms with Crippen LogP contribution >= 0.6 is 0 Å². The number of rotatable bonds is 13. The van der Waals surface area contributed by atoms with Gasteiger partial charge in [0.1, 0.15) is 12.1 Å². The minimum Gasteiger partial charge on any atom is -0.374 e. The van der Waals surface area contributed by atoms with E-state index in [1.54, 1.807) is 4.90 Å². The fourth-order valence-corrected chi connectivity index (χ4v) is 7.86. The molecule has 5 N–H and O–H groups in total. The molecule has 1 saturated heterocycles. The first kappa shape index (κ1) is 34.9. The summed E-state index contributed by atoms with van der Waals surface area (Å²) in [6, 6.07) is 6.72. The number of benzene rings is 1. The van der Waals surface area contributed by atoms with Crippen molar-refractivity contribution in [3.63, 3.8) is 0 Å². The van der Waals surface area contributed by atoms with Crippen LogP contribution in [0.3, 0.4) is 0 Å². The van der Waals surface area contributed by atoms with Gasteiger partial charge in [-0.3, -0.25) is 19.2 Å². The highest BCUT2D eigenvalue weighted by molar-refractivity contribution is 6.37. The number of ether oxygens (including phenoxy) is 1. The molecule has 1 aromatic rings. The number of carbonyl (C=O) groups is 5. The fraction of sp³-hybridized carbons (Fsp3) is 0.694. The van der Waals surface area contributed by atoms with Gasteiger partial charge in [0.05, 0.1) is 24.8 Å². The van der Waals surface area contributed by atoms with E-state index in [1.807, 2.05) is 51.1 Å². The number of likely N-dealkylation sites (tertiary alicyclic amines) is 1. The second kappa shape index (κ2) is 13.6. The molecule has 11 nitrogen and oxygen atoms in total. The second-order valence-electron chi connectivity index (χ2n) is 16.1. The average molecular weight is 652 g/mol. The SMILES string of the molecule is CC1(C)C2CN(C(=O)[C@@H](NC(=O)NC3(COCc4ccccc4)CCCCC3)C(C)(C)C)[C@H](C(=O)NC(CC3CC3)C(=O)C(N)=O)C21. The predicted molar refractivity (Wildman–Crippen MR) is 177 cm³/mol. The molecule has 5 rings (SSSR count). The summed E-state index contributed by atoms with van der Waals surface area (Å²) in [4.78, 5) is 68.0. The molecule has 4 fully saturated rings. The number of Topliss-reactive ketones (excluding diaryl/α,β-unsaturated/α-hetero) is 1. The predicted octanol–water partition coefficient (Wildman–Crippen LogP) is 3.44. The van der Waals surface area contributed by atoms with Crippen molar-refractivity contribution in [2.24, 2.45) is 34.3 Å². The molecule has 1 aliphatic heterocycles. The molecule has 0 spiro atoms. The van der Waals surface area contributed by atoms with Gasteiger partial charge in [0.2, 0.25) is 17.6 Å². The van der Waals surface area contributed by atoms with E-state index < -0.39 is 52.7 Å². The second-order valence-corrected chi connectivity index (χ2v) is 16.1. The van der Waals surface area contributed by atoms with E-state index in [0.29, 0.717) is 26.2 Å². The van der Waals surface area contributed by atoms with Crippen molar-refractivity contribution in [2.45, 2.75) is 116 Å². The average Bonchev–Trinajstić information content (AvgIpc) is 3.86. The highest BCUT2D eigenvalue weighted by atomic mass is 16.5. The molecule has 0 radical (unpaired) electrons. The first-order valence-electron chi connectivity index (χ1n) is 17.3. The van der Waals surface area contributed by atoms with Crippen LogP contribution in [-0.4, -0.2) is 71.3 Å². The number of ketones is 1. The highest BCUT2D eigenvalue weighted by Gasteiger charge is 2.70. The number of carbonyl (C=O) groups excluding carboxylic acids is 5. The third-order valence-electron chi connectivity index (χ3n) is 11.0. The number of fused-ring (bicyclic) bond motifs is 1. The molecule has 5 amide bonds. The summed E-state index contributed by atoms with van der Waals surface area (Å²) in [6.45, 7) is 11.0. The largest absolute Gasteiger partial charge is 0.374 e. The van der Waals surface area contributed by atoms with Crippen molar-refractivity contribution in [2.75, 3.05) is 13.2 Å². The smallest absolute Gasteiger partial charge is 0.315 e. The van der Waals surface area contributed by atoms with Gasteiger partial charge < -0.3 is 31.3 Å². The highest BCUT2D eigenvalue weighted by Crippen LogP contribution is 2.65. The number of nitrogens with one attached hydrogen (secondary N) is 3. The molecule has 1 aromatic carbocycles. The lowest BCUT2D eigenvalue weighted by molar-refractivity contribution is -0.145. The van der Waals surface area contributed by atoms with E-state index in [2.05, 4.69) is 29.8 Å². The molecular weight excluding hydrogens is 598 g/mol. The van der Waals surface area contributed by atoms with Gasteiger partial charge in [-0.1, -0.05) is 97.1 Å². The lowest BCUT2D eigenvalue weighted by atomic mass is 9.82. The normalized spacial score (nSPS) is 25.6. The topological polar surface area (TPSA) is 160 Å². The number of piperidine rings is 1. The summed E-state index contributed by atoms with van der Waals surface area (Å²) in [5, 5.41) is 8.99. The third-order valence-corrected chi connectivity index (χ3v) is 11.0. The molecule has 0 bridgehead atoms. The minimum absolute atomic E-state index is 0.0987. The number of nitrogens with zero attached hydrogens (tertiary/aromatic N) is 1. The van der Waals surface area contributed by atoms with Crippen LogP contribution in [0.1, 0.15) is 91.5 Å². The van der Waals surface area contributed by atoms with Gasteiger partial charge in [0.25, 0.3) is 5.91 Å². The summed E-state index contributed by atoms with van der Waals surface area (Å²) in [7, 11) is 0. The molecule has 47 heavy (non-hydrogen) atoms. The van der Waals surface area contributed by atoms with Crippen LogP contribution in [0, 0.1) is 28.6 Å². The summed E-state index contributed by atoms with van der Waals surface area (Å²) < 4.78 is 6.12. The van der Waals surface area contributed by atoms with Crippen molar-refractivity contribution < 1.29 is 28.7 Å². The maximum absolute atomic E-state index is 14.4.